The van der Waals surface area contributed by atoms with E-state index in [0.29, 0.717) is 31.0 Å². The van der Waals surface area contributed by atoms with Crippen molar-refractivity contribution in [2.24, 2.45) is 0 Å². The second-order valence-electron chi connectivity index (χ2n) is 6.72. The van der Waals surface area contributed by atoms with Gasteiger partial charge in [-0.25, -0.2) is 0 Å². The van der Waals surface area contributed by atoms with Crippen molar-refractivity contribution < 1.29 is 27.5 Å². The summed E-state index contributed by atoms with van der Waals surface area (Å²) in [6, 6.07) is 8.76. The SMILES string of the molecule is O[C@@H]1C[C@@H](c2nc(-c3ccc(OC(F)(F)F)cc3)no2)N(Cc2ccncc2)C1. The highest BCUT2D eigenvalue weighted by Gasteiger charge is 2.36. The Morgan fingerprint density at radius 1 is 1.14 bits per heavy atom. The van der Waals surface area contributed by atoms with Gasteiger partial charge in [0.05, 0.1) is 12.1 Å². The van der Waals surface area contributed by atoms with E-state index in [9.17, 15) is 18.3 Å². The van der Waals surface area contributed by atoms with E-state index in [1.165, 1.54) is 24.3 Å². The van der Waals surface area contributed by atoms with Crippen molar-refractivity contribution in [3.05, 3.63) is 60.2 Å². The van der Waals surface area contributed by atoms with Crippen LogP contribution in [-0.2, 0) is 6.54 Å². The van der Waals surface area contributed by atoms with Crippen molar-refractivity contribution in [1.29, 1.82) is 0 Å². The second-order valence-corrected chi connectivity index (χ2v) is 6.72. The summed E-state index contributed by atoms with van der Waals surface area (Å²) in [5.74, 6) is 0.275. The number of aliphatic hydroxyl groups is 1. The molecule has 1 fully saturated rings. The third-order valence-electron chi connectivity index (χ3n) is 4.59. The van der Waals surface area contributed by atoms with E-state index in [1.807, 2.05) is 17.0 Å². The zero-order valence-corrected chi connectivity index (χ0v) is 15.1. The van der Waals surface area contributed by atoms with E-state index >= 15 is 0 Å². The van der Waals surface area contributed by atoms with Crippen LogP contribution >= 0.6 is 0 Å². The maximum atomic E-state index is 12.3. The first-order valence-corrected chi connectivity index (χ1v) is 8.88. The number of pyridine rings is 1. The lowest BCUT2D eigenvalue weighted by molar-refractivity contribution is -0.274. The monoisotopic (exact) mass is 406 g/mol. The molecule has 0 radical (unpaired) electrons. The largest absolute Gasteiger partial charge is 0.573 e. The van der Waals surface area contributed by atoms with Crippen molar-refractivity contribution in [3.63, 3.8) is 0 Å². The van der Waals surface area contributed by atoms with Crippen LogP contribution in [-0.4, -0.2) is 44.1 Å². The molecule has 1 saturated heterocycles. The fourth-order valence-corrected chi connectivity index (χ4v) is 3.33. The summed E-state index contributed by atoms with van der Waals surface area (Å²) in [7, 11) is 0. The number of alkyl halides is 3. The molecule has 1 aliphatic rings. The van der Waals surface area contributed by atoms with Crippen molar-refractivity contribution in [1.82, 2.24) is 20.0 Å². The van der Waals surface area contributed by atoms with Gasteiger partial charge in [0.2, 0.25) is 11.7 Å². The zero-order valence-electron chi connectivity index (χ0n) is 15.1. The molecule has 10 heteroatoms. The molecular weight excluding hydrogens is 389 g/mol. The molecule has 152 valence electrons. The Kier molecular flexibility index (Phi) is 5.20. The minimum Gasteiger partial charge on any atom is -0.406 e. The number of rotatable bonds is 5. The van der Waals surface area contributed by atoms with Gasteiger partial charge in [-0.05, 0) is 48.4 Å². The molecule has 1 N–H and O–H groups in total. The van der Waals surface area contributed by atoms with Crippen molar-refractivity contribution in [2.45, 2.75) is 31.5 Å². The summed E-state index contributed by atoms with van der Waals surface area (Å²) >= 11 is 0. The number of aliphatic hydroxyl groups excluding tert-OH is 1. The lowest BCUT2D eigenvalue weighted by Gasteiger charge is -2.20. The topological polar surface area (TPSA) is 84.5 Å². The van der Waals surface area contributed by atoms with Crippen LogP contribution in [0.1, 0.15) is 23.9 Å². The molecule has 0 amide bonds. The molecule has 2 atom stereocenters. The Balaban J connectivity index is 1.50. The van der Waals surface area contributed by atoms with E-state index in [1.54, 1.807) is 12.4 Å². The van der Waals surface area contributed by atoms with E-state index in [2.05, 4.69) is 19.9 Å². The molecule has 2 aromatic heterocycles. The minimum absolute atomic E-state index is 0.254. The highest BCUT2D eigenvalue weighted by molar-refractivity contribution is 5.55. The Morgan fingerprint density at radius 3 is 2.55 bits per heavy atom. The molecule has 0 unspecified atom stereocenters. The molecule has 4 rings (SSSR count). The predicted octanol–water partition coefficient (Wildman–Crippen LogP) is 3.34. The van der Waals surface area contributed by atoms with Crippen LogP contribution < -0.4 is 4.74 Å². The molecule has 0 saturated carbocycles. The fraction of sp³-hybridized carbons (Fsp3) is 0.316. The van der Waals surface area contributed by atoms with E-state index in [-0.39, 0.29) is 17.6 Å². The molecule has 1 aromatic carbocycles. The van der Waals surface area contributed by atoms with E-state index in [4.69, 9.17) is 4.52 Å². The number of ether oxygens (including phenoxy) is 1. The Labute approximate surface area is 163 Å². The van der Waals surface area contributed by atoms with Crippen molar-refractivity contribution in [3.8, 4) is 17.1 Å². The standard InChI is InChI=1S/C19H17F3N4O3/c20-19(21,22)28-15-3-1-13(2-4-15)17-24-18(29-25-17)16-9-14(27)11-26(16)10-12-5-7-23-8-6-12/h1-8,14,16,27H,9-11H2/t14-,16+/m1/s1. The summed E-state index contributed by atoms with van der Waals surface area (Å²) < 4.78 is 46.1. The average molecular weight is 406 g/mol. The van der Waals surface area contributed by atoms with Crippen LogP contribution in [0.5, 0.6) is 5.75 Å². The number of aromatic nitrogens is 3. The number of likely N-dealkylation sites (tertiary alicyclic amines) is 1. The third kappa shape index (κ3) is 4.72. The van der Waals surface area contributed by atoms with Gasteiger partial charge in [0.1, 0.15) is 5.75 Å². The highest BCUT2D eigenvalue weighted by atomic mass is 19.4. The number of nitrogens with zero attached hydrogens (tertiary/aromatic N) is 4. The summed E-state index contributed by atoms with van der Waals surface area (Å²) in [4.78, 5) is 10.4. The van der Waals surface area contributed by atoms with Gasteiger partial charge >= 0.3 is 6.36 Å². The van der Waals surface area contributed by atoms with Crippen LogP contribution in [0.25, 0.3) is 11.4 Å². The molecule has 1 aliphatic heterocycles. The smallest absolute Gasteiger partial charge is 0.406 e. The Morgan fingerprint density at radius 2 is 1.86 bits per heavy atom. The molecule has 29 heavy (non-hydrogen) atoms. The van der Waals surface area contributed by atoms with Gasteiger partial charge in [0, 0.05) is 31.0 Å². The lowest BCUT2D eigenvalue weighted by Crippen LogP contribution is -2.24. The maximum Gasteiger partial charge on any atom is 0.573 e. The van der Waals surface area contributed by atoms with Gasteiger partial charge in [0.25, 0.3) is 0 Å². The number of benzene rings is 1. The van der Waals surface area contributed by atoms with Gasteiger partial charge in [-0.3, -0.25) is 9.88 Å². The number of hydrogen-bond acceptors (Lipinski definition) is 7. The van der Waals surface area contributed by atoms with Gasteiger partial charge < -0.3 is 14.4 Å². The maximum absolute atomic E-state index is 12.3. The Bertz CT molecular complexity index is 947. The quantitative estimate of drug-likeness (QED) is 0.696. The number of β-amino-alcohol motifs (C(OH)–C–C–N with tert-alkyl or cyclic N) is 1. The third-order valence-corrected chi connectivity index (χ3v) is 4.59. The molecule has 3 aromatic rings. The lowest BCUT2D eigenvalue weighted by atomic mass is 10.2. The first-order chi connectivity index (χ1) is 13.9. The van der Waals surface area contributed by atoms with E-state index in [0.717, 1.165) is 5.56 Å². The van der Waals surface area contributed by atoms with Crippen LogP contribution in [0, 0.1) is 0 Å². The number of hydrogen-bond donors (Lipinski definition) is 1. The van der Waals surface area contributed by atoms with Crippen LogP contribution in [0.4, 0.5) is 13.2 Å². The molecule has 0 aliphatic carbocycles. The van der Waals surface area contributed by atoms with Crippen LogP contribution in [0.2, 0.25) is 0 Å². The van der Waals surface area contributed by atoms with Gasteiger partial charge in [0.15, 0.2) is 0 Å². The zero-order chi connectivity index (χ0) is 20.4. The second kappa shape index (κ2) is 7.80. The van der Waals surface area contributed by atoms with Crippen LogP contribution in [0.3, 0.4) is 0 Å². The average Bonchev–Trinajstić information content (AvgIpc) is 3.29. The number of halogens is 3. The summed E-state index contributed by atoms with van der Waals surface area (Å²) in [6.07, 6.45) is -1.41. The van der Waals surface area contributed by atoms with Crippen molar-refractivity contribution in [2.75, 3.05) is 6.54 Å². The molecule has 3 heterocycles. The van der Waals surface area contributed by atoms with Gasteiger partial charge in [-0.1, -0.05) is 5.16 Å². The summed E-state index contributed by atoms with van der Waals surface area (Å²) in [6.45, 7) is 1.06. The normalized spacial score (nSPS) is 20.1. The first-order valence-electron chi connectivity index (χ1n) is 8.88. The first kappa shape index (κ1) is 19.3. The minimum atomic E-state index is -4.75. The van der Waals surface area contributed by atoms with Crippen LogP contribution in [0.15, 0.2) is 53.3 Å². The molecule has 0 spiro atoms. The van der Waals surface area contributed by atoms with Crippen molar-refractivity contribution >= 4 is 0 Å². The van der Waals surface area contributed by atoms with E-state index < -0.39 is 12.5 Å². The van der Waals surface area contributed by atoms with Gasteiger partial charge in [-0.15, -0.1) is 13.2 Å². The molecule has 7 nitrogen and oxygen atoms in total. The molecule has 0 bridgehead atoms. The summed E-state index contributed by atoms with van der Waals surface area (Å²) in [5.41, 5.74) is 1.54. The summed E-state index contributed by atoms with van der Waals surface area (Å²) in [5, 5.41) is 14.0. The Hall–Kier alpha value is -2.98. The van der Waals surface area contributed by atoms with Gasteiger partial charge in [-0.2, -0.15) is 4.98 Å². The molecular formula is C19H17F3N4O3. The predicted molar refractivity (Wildman–Crippen MR) is 94.4 cm³/mol. The highest BCUT2D eigenvalue weighted by Crippen LogP contribution is 2.34. The fourth-order valence-electron chi connectivity index (χ4n) is 3.33.